The summed E-state index contributed by atoms with van der Waals surface area (Å²) in [5, 5.41) is 9.24. The van der Waals surface area contributed by atoms with E-state index in [4.69, 9.17) is 11.5 Å². The molecule has 1 unspecified atom stereocenters. The molecule has 7 heteroatoms. The first-order valence-corrected chi connectivity index (χ1v) is 6.10. The Balaban J connectivity index is 2.20. The fourth-order valence-corrected chi connectivity index (χ4v) is 2.27. The smallest absolute Gasteiger partial charge is 0.326 e. The van der Waals surface area contributed by atoms with E-state index in [1.54, 1.807) is 17.2 Å². The molecule has 7 nitrogen and oxygen atoms in total. The number of fused-ring (bicyclic) bond motifs is 1. The first kappa shape index (κ1) is 13.9. The number of allylic oxidation sites excluding steroid dienone is 2. The molecule has 0 aromatic carbocycles. The molecule has 0 saturated heterocycles. The minimum absolute atomic E-state index is 0.0139. The van der Waals surface area contributed by atoms with Gasteiger partial charge < -0.3 is 21.5 Å². The maximum Gasteiger partial charge on any atom is 0.326 e. The number of hydrogen-bond acceptors (Lipinski definition) is 5. The third-order valence-electron chi connectivity index (χ3n) is 3.35. The molecule has 0 bridgehead atoms. The van der Waals surface area contributed by atoms with Crippen molar-refractivity contribution in [2.45, 2.75) is 18.9 Å². The number of carboxylic acid groups (broad SMARTS) is 1. The van der Waals surface area contributed by atoms with Gasteiger partial charge >= 0.3 is 5.97 Å². The number of amides is 1. The van der Waals surface area contributed by atoms with Gasteiger partial charge in [0.05, 0.1) is 5.70 Å². The van der Waals surface area contributed by atoms with Gasteiger partial charge in [-0.05, 0) is 24.1 Å². The summed E-state index contributed by atoms with van der Waals surface area (Å²) in [5.74, 6) is -1.87. The van der Waals surface area contributed by atoms with Crippen molar-refractivity contribution >= 4 is 17.7 Å². The molecule has 0 spiro atoms. The summed E-state index contributed by atoms with van der Waals surface area (Å²) in [7, 11) is 0. The Morgan fingerprint density at radius 2 is 2.10 bits per heavy atom. The van der Waals surface area contributed by atoms with Crippen molar-refractivity contribution in [3.05, 3.63) is 35.2 Å². The first-order valence-electron chi connectivity index (χ1n) is 6.10. The van der Waals surface area contributed by atoms with E-state index in [-0.39, 0.29) is 30.9 Å². The molecular weight excluding hydrogens is 262 g/mol. The summed E-state index contributed by atoms with van der Waals surface area (Å²) < 4.78 is 0. The normalized spacial score (nSPS) is 18.9. The number of nitrogens with two attached hydrogens (primary N) is 2. The standard InChI is InChI=1S/C13H15N3O4/c14-11(18)4-2-9(13(19)20)16-5-7-1-3-10(17)12(15)8(7)6-16/h1,3,5,9H,2,4,6,15H2,(H2,14,18)(H,19,20). The van der Waals surface area contributed by atoms with Crippen LogP contribution in [0.25, 0.3) is 0 Å². The Morgan fingerprint density at radius 1 is 1.40 bits per heavy atom. The highest BCUT2D eigenvalue weighted by atomic mass is 16.4. The summed E-state index contributed by atoms with van der Waals surface area (Å²) in [6, 6.07) is -0.871. The number of carbonyl (C=O) groups excluding carboxylic acids is 2. The van der Waals surface area contributed by atoms with Crippen LogP contribution in [0.15, 0.2) is 35.2 Å². The average Bonchev–Trinajstić information content (AvgIpc) is 2.78. The van der Waals surface area contributed by atoms with Gasteiger partial charge in [0, 0.05) is 24.7 Å². The molecule has 1 atom stereocenters. The monoisotopic (exact) mass is 277 g/mol. The number of primary amides is 1. The molecule has 1 aliphatic carbocycles. The zero-order valence-electron chi connectivity index (χ0n) is 10.7. The van der Waals surface area contributed by atoms with Gasteiger partial charge in [-0.2, -0.15) is 0 Å². The van der Waals surface area contributed by atoms with Crippen molar-refractivity contribution in [1.82, 2.24) is 4.90 Å². The molecule has 0 fully saturated rings. The minimum atomic E-state index is -1.05. The number of aliphatic carboxylic acids is 1. The summed E-state index contributed by atoms with van der Waals surface area (Å²) in [4.78, 5) is 35.1. The second-order valence-corrected chi connectivity index (χ2v) is 4.71. The molecule has 0 aromatic rings. The zero-order valence-corrected chi connectivity index (χ0v) is 10.7. The molecule has 0 saturated carbocycles. The molecule has 106 valence electrons. The van der Waals surface area contributed by atoms with Crippen molar-refractivity contribution in [2.75, 3.05) is 6.54 Å². The number of hydrogen-bond donors (Lipinski definition) is 3. The highest BCUT2D eigenvalue weighted by Crippen LogP contribution is 2.29. The molecule has 0 aromatic heterocycles. The Labute approximate surface area is 115 Å². The van der Waals surface area contributed by atoms with Crippen molar-refractivity contribution in [3.63, 3.8) is 0 Å². The fraction of sp³-hybridized carbons (Fsp3) is 0.308. The van der Waals surface area contributed by atoms with E-state index in [0.29, 0.717) is 5.57 Å². The highest BCUT2D eigenvalue weighted by molar-refractivity contribution is 6.06. The largest absolute Gasteiger partial charge is 0.480 e. The van der Waals surface area contributed by atoms with Crippen molar-refractivity contribution in [2.24, 2.45) is 11.5 Å². The van der Waals surface area contributed by atoms with Crippen molar-refractivity contribution in [1.29, 1.82) is 0 Å². The summed E-state index contributed by atoms with van der Waals surface area (Å²) in [6.07, 6.45) is 4.71. The lowest BCUT2D eigenvalue weighted by Gasteiger charge is -2.23. The van der Waals surface area contributed by atoms with E-state index in [1.165, 1.54) is 6.08 Å². The van der Waals surface area contributed by atoms with Crippen LogP contribution < -0.4 is 11.5 Å². The molecule has 20 heavy (non-hydrogen) atoms. The third kappa shape index (κ3) is 2.56. The van der Waals surface area contributed by atoms with Gasteiger partial charge in [0.1, 0.15) is 6.04 Å². The molecule has 1 amide bonds. The fourth-order valence-electron chi connectivity index (χ4n) is 2.27. The molecule has 2 rings (SSSR count). The second-order valence-electron chi connectivity index (χ2n) is 4.71. The summed E-state index contributed by atoms with van der Waals surface area (Å²) in [5.41, 5.74) is 12.3. The van der Waals surface area contributed by atoms with Crippen LogP contribution >= 0.6 is 0 Å². The molecule has 1 heterocycles. The van der Waals surface area contributed by atoms with Gasteiger partial charge in [-0.15, -0.1) is 0 Å². The zero-order chi connectivity index (χ0) is 14.9. The number of carboxylic acids is 1. The Morgan fingerprint density at radius 3 is 2.70 bits per heavy atom. The van der Waals surface area contributed by atoms with E-state index in [0.717, 1.165) is 5.57 Å². The predicted octanol–water partition coefficient (Wildman–Crippen LogP) is -0.744. The number of rotatable bonds is 5. The van der Waals surface area contributed by atoms with Crippen LogP contribution in [-0.4, -0.2) is 40.3 Å². The van der Waals surface area contributed by atoms with E-state index >= 15 is 0 Å². The van der Waals surface area contributed by atoms with Gasteiger partial charge in [-0.1, -0.05) is 0 Å². The van der Waals surface area contributed by atoms with E-state index in [1.807, 2.05) is 0 Å². The predicted molar refractivity (Wildman–Crippen MR) is 70.0 cm³/mol. The van der Waals surface area contributed by atoms with Crippen LogP contribution in [0.5, 0.6) is 0 Å². The van der Waals surface area contributed by atoms with Gasteiger partial charge in [0.25, 0.3) is 0 Å². The van der Waals surface area contributed by atoms with Crippen LogP contribution in [-0.2, 0) is 14.4 Å². The van der Waals surface area contributed by atoms with Crippen LogP contribution in [0.4, 0.5) is 0 Å². The quantitative estimate of drug-likeness (QED) is 0.607. The highest BCUT2D eigenvalue weighted by Gasteiger charge is 2.31. The summed E-state index contributed by atoms with van der Waals surface area (Å²) >= 11 is 0. The molecular formula is C13H15N3O4. The van der Waals surface area contributed by atoms with Gasteiger partial charge in [-0.25, -0.2) is 4.79 Å². The number of nitrogens with zero attached hydrogens (tertiary/aromatic N) is 1. The SMILES string of the molecule is NC(=O)CCC(C(=O)O)N1C=C2C=CC(=O)C(N)=C2C1. The van der Waals surface area contributed by atoms with E-state index in [2.05, 4.69) is 0 Å². The van der Waals surface area contributed by atoms with Crippen LogP contribution in [0, 0.1) is 0 Å². The van der Waals surface area contributed by atoms with Gasteiger partial charge in [0.2, 0.25) is 11.7 Å². The Kier molecular flexibility index (Phi) is 3.60. The lowest BCUT2D eigenvalue weighted by atomic mass is 9.99. The molecule has 0 radical (unpaired) electrons. The lowest BCUT2D eigenvalue weighted by Crippen LogP contribution is -2.38. The first-order chi connectivity index (χ1) is 9.40. The molecule has 5 N–H and O–H groups in total. The van der Waals surface area contributed by atoms with E-state index in [9.17, 15) is 19.5 Å². The van der Waals surface area contributed by atoms with Gasteiger partial charge in [0.15, 0.2) is 0 Å². The maximum atomic E-state index is 11.5. The molecule has 2 aliphatic rings. The number of ketones is 1. The Hall–Kier alpha value is -2.57. The second kappa shape index (κ2) is 5.20. The minimum Gasteiger partial charge on any atom is -0.480 e. The third-order valence-corrected chi connectivity index (χ3v) is 3.35. The van der Waals surface area contributed by atoms with E-state index < -0.39 is 17.9 Å². The maximum absolute atomic E-state index is 11.5. The van der Waals surface area contributed by atoms with Crippen LogP contribution in [0.3, 0.4) is 0 Å². The lowest BCUT2D eigenvalue weighted by molar-refractivity contribution is -0.142. The van der Waals surface area contributed by atoms with Crippen LogP contribution in [0.1, 0.15) is 12.8 Å². The average molecular weight is 277 g/mol. The van der Waals surface area contributed by atoms with Gasteiger partial charge in [-0.3, -0.25) is 9.59 Å². The summed E-state index contributed by atoms with van der Waals surface area (Å²) in [6.45, 7) is 0.243. The number of carbonyl (C=O) groups is 3. The van der Waals surface area contributed by atoms with Crippen molar-refractivity contribution in [3.8, 4) is 0 Å². The van der Waals surface area contributed by atoms with Crippen molar-refractivity contribution < 1.29 is 19.5 Å². The van der Waals surface area contributed by atoms with Crippen LogP contribution in [0.2, 0.25) is 0 Å². The Bertz CT molecular complexity index is 574. The molecule has 1 aliphatic heterocycles. The topological polar surface area (TPSA) is 127 Å².